The van der Waals surface area contributed by atoms with Crippen molar-refractivity contribution in [2.45, 2.75) is 18.9 Å². The van der Waals surface area contributed by atoms with Crippen molar-refractivity contribution in [2.75, 3.05) is 20.0 Å². The fourth-order valence-electron chi connectivity index (χ4n) is 2.15. The third-order valence-electron chi connectivity index (χ3n) is 3.55. The summed E-state index contributed by atoms with van der Waals surface area (Å²) in [6, 6.07) is 16.1. The first-order chi connectivity index (χ1) is 10.8. The molecule has 116 valence electrons. The number of hydrogen-bond donors (Lipinski definition) is 0. The van der Waals surface area contributed by atoms with E-state index < -0.39 is 0 Å². The number of benzene rings is 2. The summed E-state index contributed by atoms with van der Waals surface area (Å²) in [5.74, 6) is 0.826. The predicted molar refractivity (Wildman–Crippen MR) is 86.5 cm³/mol. The first kappa shape index (κ1) is 15.3. The summed E-state index contributed by atoms with van der Waals surface area (Å²) < 4.78 is 15.9. The Labute approximate surface area is 135 Å². The molecule has 0 radical (unpaired) electrons. The van der Waals surface area contributed by atoms with Gasteiger partial charge in [-0.05, 0) is 48.2 Å². The van der Waals surface area contributed by atoms with E-state index in [2.05, 4.69) is 24.3 Å². The molecule has 0 N–H and O–H groups in total. The summed E-state index contributed by atoms with van der Waals surface area (Å²) in [6.07, 6.45) is 2.28. The summed E-state index contributed by atoms with van der Waals surface area (Å²) in [5, 5.41) is 0.778. The van der Waals surface area contributed by atoms with Gasteiger partial charge in [-0.15, -0.1) is 0 Å². The molecule has 4 heteroatoms. The van der Waals surface area contributed by atoms with Crippen molar-refractivity contribution < 1.29 is 14.2 Å². The smallest absolute Gasteiger partial charge is 0.189 e. The molecule has 1 saturated heterocycles. The van der Waals surface area contributed by atoms with Gasteiger partial charge in [0.05, 0.1) is 13.2 Å². The van der Waals surface area contributed by atoms with Crippen molar-refractivity contribution >= 4 is 11.6 Å². The van der Waals surface area contributed by atoms with Gasteiger partial charge in [-0.25, -0.2) is 0 Å². The molecule has 3 rings (SSSR count). The molecule has 22 heavy (non-hydrogen) atoms. The molecule has 0 aliphatic carbocycles. The second-order valence-corrected chi connectivity index (χ2v) is 5.80. The fourth-order valence-corrected chi connectivity index (χ4v) is 2.27. The van der Waals surface area contributed by atoms with Crippen LogP contribution in [0.15, 0.2) is 48.5 Å². The van der Waals surface area contributed by atoms with E-state index in [9.17, 15) is 0 Å². The van der Waals surface area contributed by atoms with Gasteiger partial charge in [-0.2, -0.15) is 0 Å². The van der Waals surface area contributed by atoms with Crippen LogP contribution in [0.5, 0.6) is 5.75 Å². The van der Waals surface area contributed by atoms with Crippen LogP contribution >= 0.6 is 11.6 Å². The van der Waals surface area contributed by atoms with E-state index in [0.29, 0.717) is 6.61 Å². The molecule has 0 aromatic heterocycles. The maximum atomic E-state index is 5.89. The summed E-state index contributed by atoms with van der Waals surface area (Å²) in [5.41, 5.74) is 2.58. The molecule has 1 heterocycles. The average Bonchev–Trinajstić information content (AvgIpc) is 3.36. The standard InChI is InChI=1S/C18H19ClO3/c19-16-7-3-14(4-8-16)1-2-15-5-9-17(10-6-15)22-13-20-11-18-12-21-18/h3-10,18H,1-2,11-13H2. The normalized spacial score (nSPS) is 16.5. The zero-order valence-corrected chi connectivity index (χ0v) is 13.1. The van der Waals surface area contributed by atoms with Crippen LogP contribution in [0.3, 0.4) is 0 Å². The summed E-state index contributed by atoms with van der Waals surface area (Å²) in [7, 11) is 0. The lowest BCUT2D eigenvalue weighted by molar-refractivity contribution is 0.00821. The number of rotatable bonds is 8. The minimum atomic E-state index is 0.268. The number of epoxide rings is 1. The third-order valence-corrected chi connectivity index (χ3v) is 3.81. The van der Waals surface area contributed by atoms with E-state index in [1.54, 1.807) is 0 Å². The second kappa shape index (κ2) is 7.63. The molecule has 0 amide bonds. The SMILES string of the molecule is Clc1ccc(CCc2ccc(OCOCC3CO3)cc2)cc1. The molecule has 3 nitrogen and oxygen atoms in total. The molecule has 1 atom stereocenters. The maximum absolute atomic E-state index is 5.89. The van der Waals surface area contributed by atoms with Crippen LogP contribution < -0.4 is 4.74 Å². The zero-order chi connectivity index (χ0) is 15.2. The molecule has 0 spiro atoms. The minimum absolute atomic E-state index is 0.268. The van der Waals surface area contributed by atoms with Gasteiger partial charge < -0.3 is 14.2 Å². The first-order valence-electron chi connectivity index (χ1n) is 7.45. The minimum Gasteiger partial charge on any atom is -0.468 e. The van der Waals surface area contributed by atoms with Gasteiger partial charge in [0.1, 0.15) is 11.9 Å². The maximum Gasteiger partial charge on any atom is 0.189 e. The van der Waals surface area contributed by atoms with Crippen LogP contribution in [0.25, 0.3) is 0 Å². The van der Waals surface area contributed by atoms with E-state index in [1.165, 1.54) is 11.1 Å². The monoisotopic (exact) mass is 318 g/mol. The van der Waals surface area contributed by atoms with Gasteiger partial charge in [0, 0.05) is 5.02 Å². The van der Waals surface area contributed by atoms with E-state index in [4.69, 9.17) is 25.8 Å². The van der Waals surface area contributed by atoms with Gasteiger partial charge in [0.2, 0.25) is 0 Å². The molecule has 2 aromatic rings. The largest absolute Gasteiger partial charge is 0.468 e. The Morgan fingerprint density at radius 3 is 2.14 bits per heavy atom. The summed E-state index contributed by atoms with van der Waals surface area (Å²) in [4.78, 5) is 0. The Kier molecular flexibility index (Phi) is 5.33. The van der Waals surface area contributed by atoms with Crippen molar-refractivity contribution in [1.82, 2.24) is 0 Å². The quantitative estimate of drug-likeness (QED) is 0.420. The van der Waals surface area contributed by atoms with Crippen LogP contribution in [0.2, 0.25) is 5.02 Å². The lowest BCUT2D eigenvalue weighted by Gasteiger charge is -2.07. The van der Waals surface area contributed by atoms with Crippen LogP contribution in [0, 0.1) is 0 Å². The molecular weight excluding hydrogens is 300 g/mol. The lowest BCUT2D eigenvalue weighted by atomic mass is 10.0. The summed E-state index contributed by atoms with van der Waals surface area (Å²) in [6.45, 7) is 1.69. The van der Waals surface area contributed by atoms with Crippen molar-refractivity contribution in [1.29, 1.82) is 0 Å². The van der Waals surface area contributed by atoms with E-state index in [-0.39, 0.29) is 12.9 Å². The highest BCUT2D eigenvalue weighted by atomic mass is 35.5. The van der Waals surface area contributed by atoms with Gasteiger partial charge in [-0.1, -0.05) is 35.9 Å². The average molecular weight is 319 g/mol. The van der Waals surface area contributed by atoms with Crippen LogP contribution in [-0.4, -0.2) is 26.1 Å². The van der Waals surface area contributed by atoms with Gasteiger partial charge >= 0.3 is 0 Å². The summed E-state index contributed by atoms with van der Waals surface area (Å²) >= 11 is 5.89. The Balaban J connectivity index is 1.41. The van der Waals surface area contributed by atoms with E-state index in [1.807, 2.05) is 24.3 Å². The zero-order valence-electron chi connectivity index (χ0n) is 12.3. The number of hydrogen-bond acceptors (Lipinski definition) is 3. The van der Waals surface area contributed by atoms with Crippen LogP contribution in [-0.2, 0) is 22.3 Å². The first-order valence-corrected chi connectivity index (χ1v) is 7.83. The molecular formula is C18H19ClO3. The molecule has 1 aliphatic rings. The lowest BCUT2D eigenvalue weighted by Crippen LogP contribution is -2.07. The third kappa shape index (κ3) is 5.02. The molecule has 1 aliphatic heterocycles. The van der Waals surface area contributed by atoms with Crippen molar-refractivity contribution in [3.63, 3.8) is 0 Å². The number of ether oxygens (including phenoxy) is 3. The Bertz CT molecular complexity index is 576. The van der Waals surface area contributed by atoms with Gasteiger partial charge in [0.15, 0.2) is 6.79 Å². The Hall–Kier alpha value is -1.55. The van der Waals surface area contributed by atoms with Gasteiger partial charge in [-0.3, -0.25) is 0 Å². The highest BCUT2D eigenvalue weighted by Crippen LogP contribution is 2.16. The molecule has 0 bridgehead atoms. The molecule has 1 unspecified atom stereocenters. The van der Waals surface area contributed by atoms with E-state index >= 15 is 0 Å². The molecule has 2 aromatic carbocycles. The topological polar surface area (TPSA) is 31.0 Å². The Morgan fingerprint density at radius 2 is 1.55 bits per heavy atom. The molecule has 1 fully saturated rings. The second-order valence-electron chi connectivity index (χ2n) is 5.36. The fraction of sp³-hybridized carbons (Fsp3) is 0.333. The number of aryl methyl sites for hydroxylation is 2. The van der Waals surface area contributed by atoms with Crippen molar-refractivity contribution in [3.05, 3.63) is 64.7 Å². The van der Waals surface area contributed by atoms with Crippen LogP contribution in [0.1, 0.15) is 11.1 Å². The highest BCUT2D eigenvalue weighted by Gasteiger charge is 2.22. The number of halogens is 1. The van der Waals surface area contributed by atoms with Crippen LogP contribution in [0.4, 0.5) is 0 Å². The van der Waals surface area contributed by atoms with E-state index in [0.717, 1.165) is 30.2 Å². The van der Waals surface area contributed by atoms with Gasteiger partial charge in [0.25, 0.3) is 0 Å². The van der Waals surface area contributed by atoms with Crippen molar-refractivity contribution in [3.8, 4) is 5.75 Å². The highest BCUT2D eigenvalue weighted by molar-refractivity contribution is 6.30. The van der Waals surface area contributed by atoms with Crippen molar-refractivity contribution in [2.24, 2.45) is 0 Å². The Morgan fingerprint density at radius 1 is 0.955 bits per heavy atom. The molecule has 0 saturated carbocycles. The predicted octanol–water partition coefficient (Wildman–Crippen LogP) is 3.88.